The van der Waals surface area contributed by atoms with Crippen LogP contribution in [0.4, 0.5) is 5.69 Å². The molecular formula is C17H13ClN2O2S. The maximum atomic E-state index is 12.4. The highest BCUT2D eigenvalue weighted by atomic mass is 35.5. The lowest BCUT2D eigenvalue weighted by Crippen LogP contribution is -2.31. The zero-order chi connectivity index (χ0) is 16.6. The van der Waals surface area contributed by atoms with E-state index in [2.05, 4.69) is 5.32 Å². The van der Waals surface area contributed by atoms with Crippen molar-refractivity contribution in [3.8, 4) is 5.75 Å². The summed E-state index contributed by atoms with van der Waals surface area (Å²) < 4.78 is 1.36. The maximum absolute atomic E-state index is 12.4. The van der Waals surface area contributed by atoms with Crippen molar-refractivity contribution >= 4 is 45.5 Å². The number of phenols is 1. The molecule has 0 atom stereocenters. The van der Waals surface area contributed by atoms with Crippen molar-refractivity contribution < 1.29 is 5.11 Å². The summed E-state index contributed by atoms with van der Waals surface area (Å²) in [5.41, 5.74) is 1.80. The van der Waals surface area contributed by atoms with Gasteiger partial charge >= 0.3 is 0 Å². The van der Waals surface area contributed by atoms with Gasteiger partial charge < -0.3 is 10.4 Å². The Morgan fingerprint density at radius 2 is 2.00 bits per heavy atom. The topological polar surface area (TPSA) is 54.3 Å². The van der Waals surface area contributed by atoms with Crippen LogP contribution in [0.1, 0.15) is 5.56 Å². The van der Waals surface area contributed by atoms with Crippen LogP contribution >= 0.6 is 23.8 Å². The fourth-order valence-electron chi connectivity index (χ4n) is 2.44. The predicted molar refractivity (Wildman–Crippen MR) is 97.7 cm³/mol. The molecule has 3 aromatic rings. The second kappa shape index (κ2) is 6.02. The molecule has 6 heteroatoms. The minimum absolute atomic E-state index is 0.0711. The minimum Gasteiger partial charge on any atom is -0.508 e. The first-order chi connectivity index (χ1) is 11.0. The molecule has 0 spiro atoms. The molecule has 116 valence electrons. The molecule has 1 heterocycles. The fraction of sp³-hybridized carbons (Fsp3) is 0.0588. The van der Waals surface area contributed by atoms with Crippen LogP contribution in [0.3, 0.4) is 0 Å². The summed E-state index contributed by atoms with van der Waals surface area (Å²) in [6.45, 7) is 1.85. The van der Waals surface area contributed by atoms with Crippen molar-refractivity contribution in [2.75, 3.05) is 5.32 Å². The van der Waals surface area contributed by atoms with Crippen LogP contribution in [0.5, 0.6) is 5.75 Å². The Kier molecular flexibility index (Phi) is 4.07. The maximum Gasteiger partial charge on any atom is 0.257 e. The van der Waals surface area contributed by atoms with Gasteiger partial charge in [-0.2, -0.15) is 0 Å². The molecule has 0 amide bonds. The Balaban J connectivity index is 2.13. The molecule has 0 aliphatic rings. The summed E-state index contributed by atoms with van der Waals surface area (Å²) in [5, 5.41) is 14.4. The molecule has 0 aliphatic heterocycles. The zero-order valence-corrected chi connectivity index (χ0v) is 13.8. The number of aromatic hydroxyl groups is 1. The lowest BCUT2D eigenvalue weighted by Gasteiger charge is -2.14. The molecule has 23 heavy (non-hydrogen) atoms. The van der Waals surface area contributed by atoms with E-state index >= 15 is 0 Å². The first kappa shape index (κ1) is 15.5. The van der Waals surface area contributed by atoms with Gasteiger partial charge in [0.15, 0.2) is 5.11 Å². The number of thiocarbonyl (C=S) groups is 1. The minimum atomic E-state index is -0.264. The van der Waals surface area contributed by atoms with E-state index in [1.807, 2.05) is 6.92 Å². The molecule has 3 rings (SSSR count). The van der Waals surface area contributed by atoms with Gasteiger partial charge in [0.25, 0.3) is 5.56 Å². The van der Waals surface area contributed by atoms with Crippen LogP contribution in [0, 0.1) is 6.92 Å². The summed E-state index contributed by atoms with van der Waals surface area (Å²) in [4.78, 5) is 12.4. The number of halogens is 1. The number of nitrogens with zero attached hydrogens (tertiary/aromatic N) is 1. The van der Waals surface area contributed by atoms with Gasteiger partial charge in [-0.15, -0.1) is 0 Å². The van der Waals surface area contributed by atoms with E-state index in [1.165, 1.54) is 16.7 Å². The largest absolute Gasteiger partial charge is 0.508 e. The smallest absolute Gasteiger partial charge is 0.257 e. The first-order valence-corrected chi connectivity index (χ1v) is 7.66. The van der Waals surface area contributed by atoms with Crippen LogP contribution < -0.4 is 10.9 Å². The van der Waals surface area contributed by atoms with E-state index < -0.39 is 0 Å². The van der Waals surface area contributed by atoms with E-state index in [4.69, 9.17) is 23.8 Å². The Morgan fingerprint density at radius 3 is 2.74 bits per heavy atom. The van der Waals surface area contributed by atoms with Gasteiger partial charge in [0.2, 0.25) is 0 Å². The van der Waals surface area contributed by atoms with Crippen molar-refractivity contribution in [3.63, 3.8) is 0 Å². The number of hydrogen-bond donors (Lipinski definition) is 2. The Bertz CT molecular complexity index is 982. The van der Waals surface area contributed by atoms with E-state index in [9.17, 15) is 9.90 Å². The van der Waals surface area contributed by atoms with Crippen molar-refractivity contribution in [2.24, 2.45) is 0 Å². The van der Waals surface area contributed by atoms with Crippen molar-refractivity contribution in [1.82, 2.24) is 4.57 Å². The third kappa shape index (κ3) is 3.06. The number of phenolic OH excluding ortho intramolecular Hbond substituents is 1. The number of rotatable bonds is 1. The van der Waals surface area contributed by atoms with Crippen LogP contribution in [0.15, 0.2) is 53.3 Å². The van der Waals surface area contributed by atoms with Gasteiger partial charge in [-0.1, -0.05) is 17.7 Å². The van der Waals surface area contributed by atoms with Crippen molar-refractivity contribution in [2.45, 2.75) is 6.92 Å². The van der Waals surface area contributed by atoms with Gasteiger partial charge in [-0.05, 0) is 55.0 Å². The molecule has 0 saturated carbocycles. The molecule has 0 unspecified atom stereocenters. The highest BCUT2D eigenvalue weighted by molar-refractivity contribution is 7.80. The number of fused-ring (bicyclic) bond motifs is 1. The lowest BCUT2D eigenvalue weighted by molar-refractivity contribution is 0.476. The molecular weight excluding hydrogens is 332 g/mol. The van der Waals surface area contributed by atoms with Gasteiger partial charge in [-0.25, -0.2) is 0 Å². The number of aromatic nitrogens is 1. The molecule has 0 radical (unpaired) electrons. The van der Waals surface area contributed by atoms with E-state index in [-0.39, 0.29) is 16.4 Å². The Labute approximate surface area is 142 Å². The van der Waals surface area contributed by atoms with Crippen LogP contribution in [-0.2, 0) is 0 Å². The van der Waals surface area contributed by atoms with Crippen molar-refractivity contribution in [3.05, 3.63) is 69.5 Å². The average molecular weight is 345 g/mol. The molecule has 0 fully saturated rings. The average Bonchev–Trinajstić information content (AvgIpc) is 2.46. The fourth-order valence-corrected chi connectivity index (χ4v) is 2.94. The van der Waals surface area contributed by atoms with Crippen LogP contribution in [0.25, 0.3) is 10.9 Å². The first-order valence-electron chi connectivity index (χ1n) is 6.88. The molecule has 1 aromatic heterocycles. The highest BCUT2D eigenvalue weighted by Gasteiger charge is 2.11. The summed E-state index contributed by atoms with van der Waals surface area (Å²) in [6.07, 6.45) is 0. The lowest BCUT2D eigenvalue weighted by atomic mass is 10.1. The number of aryl methyl sites for hydroxylation is 1. The second-order valence-corrected chi connectivity index (χ2v) is 5.97. The van der Waals surface area contributed by atoms with Gasteiger partial charge in [0.05, 0.1) is 5.52 Å². The Hall–Kier alpha value is -2.37. The summed E-state index contributed by atoms with van der Waals surface area (Å²) in [5.74, 6) is 0.0711. The third-order valence-electron chi connectivity index (χ3n) is 3.49. The summed E-state index contributed by atoms with van der Waals surface area (Å²) >= 11 is 11.3. The van der Waals surface area contributed by atoms with Crippen LogP contribution in [0.2, 0.25) is 5.02 Å². The molecule has 0 aliphatic carbocycles. The number of nitrogens with one attached hydrogen (secondary N) is 1. The van der Waals surface area contributed by atoms with Gasteiger partial charge in [0.1, 0.15) is 5.75 Å². The SMILES string of the molecule is Cc1cc(=O)n(C(=S)Nc2cccc(Cl)c2)c2cc(O)ccc12. The molecule has 0 bridgehead atoms. The standard InChI is InChI=1S/C17H13ClN2O2S/c1-10-7-16(22)20(15-9-13(21)5-6-14(10)15)17(23)19-12-4-2-3-11(18)8-12/h2-9,21H,1H3,(H,19,23). The molecule has 4 nitrogen and oxygen atoms in total. The van der Waals surface area contributed by atoms with Crippen molar-refractivity contribution in [1.29, 1.82) is 0 Å². The molecule has 2 N–H and O–H groups in total. The predicted octanol–water partition coefficient (Wildman–Crippen LogP) is 3.91. The van der Waals surface area contributed by atoms with Crippen LogP contribution in [-0.4, -0.2) is 14.8 Å². The number of benzene rings is 2. The zero-order valence-electron chi connectivity index (χ0n) is 12.2. The third-order valence-corrected chi connectivity index (χ3v) is 4.01. The van der Waals surface area contributed by atoms with Gasteiger partial charge in [-0.3, -0.25) is 9.36 Å². The quantitative estimate of drug-likeness (QED) is 0.657. The highest BCUT2D eigenvalue weighted by Crippen LogP contribution is 2.22. The van der Waals surface area contributed by atoms with E-state index in [0.717, 1.165) is 10.9 Å². The molecule has 2 aromatic carbocycles. The number of hydrogen-bond acceptors (Lipinski definition) is 3. The Morgan fingerprint density at radius 1 is 1.22 bits per heavy atom. The normalized spacial score (nSPS) is 10.7. The van der Waals surface area contributed by atoms with E-state index in [1.54, 1.807) is 36.4 Å². The summed E-state index contributed by atoms with van der Waals surface area (Å²) in [6, 6.07) is 13.4. The van der Waals surface area contributed by atoms with Gasteiger partial charge in [0, 0.05) is 28.2 Å². The molecule has 0 saturated heterocycles. The second-order valence-electron chi connectivity index (χ2n) is 5.14. The number of anilines is 1. The van der Waals surface area contributed by atoms with E-state index in [0.29, 0.717) is 16.2 Å². The monoisotopic (exact) mass is 344 g/mol. The number of pyridine rings is 1. The summed E-state index contributed by atoms with van der Waals surface area (Å²) in [7, 11) is 0.